The Morgan fingerprint density at radius 1 is 1.16 bits per heavy atom. The number of carbonyl (C=O) groups excluding carboxylic acids is 2. The van der Waals surface area contributed by atoms with Crippen molar-refractivity contribution < 1.29 is 14.3 Å². The fourth-order valence-electron chi connectivity index (χ4n) is 7.59. The zero-order chi connectivity index (χ0) is 31.1. The number of nitrogens with zero attached hydrogens (tertiary/aromatic N) is 6. The Morgan fingerprint density at radius 3 is 2.84 bits per heavy atom. The van der Waals surface area contributed by atoms with E-state index in [4.69, 9.17) is 14.7 Å². The number of carbonyl (C=O) groups is 2. The monoisotopic (exact) mass is 603 g/mol. The molecule has 1 aliphatic carbocycles. The highest BCUT2D eigenvalue weighted by Crippen LogP contribution is 2.47. The predicted molar refractivity (Wildman–Crippen MR) is 170 cm³/mol. The molecule has 0 radical (unpaired) electrons. The van der Waals surface area contributed by atoms with Crippen molar-refractivity contribution in [3.8, 4) is 17.8 Å². The molecule has 4 heterocycles. The van der Waals surface area contributed by atoms with Gasteiger partial charge in [-0.15, -0.1) is 0 Å². The van der Waals surface area contributed by atoms with Gasteiger partial charge in [-0.25, -0.2) is 0 Å². The number of rotatable bonds is 5. The number of likely N-dealkylation sites (N-methyl/N-ethyl adjacent to an activating group) is 1. The second kappa shape index (κ2) is 11.6. The average molecular weight is 604 g/mol. The number of amides is 2. The number of ether oxygens (including phenoxy) is 1. The van der Waals surface area contributed by atoms with Crippen molar-refractivity contribution in [2.45, 2.75) is 56.5 Å². The number of piperazine rings is 1. The van der Waals surface area contributed by atoms with Crippen LogP contribution in [-0.4, -0.2) is 70.9 Å². The number of anilines is 2. The lowest BCUT2D eigenvalue weighted by molar-refractivity contribution is -0.128. The smallest absolute Gasteiger partial charge is 0.324 e. The fraction of sp³-hybridized carbons (Fsp3) is 0.400. The Labute approximate surface area is 263 Å². The maximum atomic E-state index is 14.1. The summed E-state index contributed by atoms with van der Waals surface area (Å²) in [6, 6.07) is 16.4. The van der Waals surface area contributed by atoms with Gasteiger partial charge in [-0.05, 0) is 61.6 Å². The molecule has 230 valence electrons. The van der Waals surface area contributed by atoms with Crippen molar-refractivity contribution >= 4 is 23.3 Å². The first-order valence-corrected chi connectivity index (χ1v) is 15.7. The van der Waals surface area contributed by atoms with Crippen molar-refractivity contribution in [2.75, 3.05) is 43.4 Å². The van der Waals surface area contributed by atoms with Crippen molar-refractivity contribution in [1.82, 2.24) is 19.8 Å². The van der Waals surface area contributed by atoms with Crippen LogP contribution < -0.4 is 15.0 Å². The summed E-state index contributed by atoms with van der Waals surface area (Å²) in [5.74, 6) is 1.05. The van der Waals surface area contributed by atoms with Gasteiger partial charge >= 0.3 is 6.01 Å². The Bertz CT molecular complexity index is 1730. The number of nitriles is 1. The van der Waals surface area contributed by atoms with Crippen LogP contribution in [0.2, 0.25) is 0 Å². The highest BCUT2D eigenvalue weighted by Gasteiger charge is 2.48. The minimum absolute atomic E-state index is 0.0454. The number of aryl methyl sites for hydroxylation is 1. The summed E-state index contributed by atoms with van der Waals surface area (Å²) in [5, 5.41) is 12.8. The number of fused-ring (bicyclic) bond motifs is 4. The summed E-state index contributed by atoms with van der Waals surface area (Å²) in [5.41, 5.74) is 5.25. The topological polar surface area (TPSA) is 115 Å². The third-order valence-electron chi connectivity index (χ3n) is 9.85. The van der Waals surface area contributed by atoms with Gasteiger partial charge in [0, 0.05) is 44.7 Å². The molecule has 4 aliphatic rings. The molecule has 2 aromatic carbocycles. The van der Waals surface area contributed by atoms with Crippen molar-refractivity contribution in [2.24, 2.45) is 0 Å². The molecule has 10 nitrogen and oxygen atoms in total. The van der Waals surface area contributed by atoms with Crippen molar-refractivity contribution in [3.05, 3.63) is 83.1 Å². The van der Waals surface area contributed by atoms with E-state index in [9.17, 15) is 14.9 Å². The predicted octanol–water partition coefficient (Wildman–Crippen LogP) is 4.14. The van der Waals surface area contributed by atoms with Crippen molar-refractivity contribution in [1.29, 1.82) is 5.26 Å². The third-order valence-corrected chi connectivity index (χ3v) is 9.85. The number of nitrogens with one attached hydrogen (secondary N) is 1. The molecule has 0 saturated carbocycles. The van der Waals surface area contributed by atoms with Crippen molar-refractivity contribution in [3.63, 3.8) is 0 Å². The van der Waals surface area contributed by atoms with Gasteiger partial charge in [-0.3, -0.25) is 9.59 Å². The summed E-state index contributed by atoms with van der Waals surface area (Å²) >= 11 is 0. The molecule has 1 N–H and O–H groups in total. The summed E-state index contributed by atoms with van der Waals surface area (Å²) in [6.07, 6.45) is 5.36. The maximum absolute atomic E-state index is 14.1. The first-order valence-electron chi connectivity index (χ1n) is 15.7. The van der Waals surface area contributed by atoms with Gasteiger partial charge in [0.15, 0.2) is 5.82 Å². The molecule has 0 unspecified atom stereocenters. The Morgan fingerprint density at radius 2 is 2.00 bits per heavy atom. The maximum Gasteiger partial charge on any atom is 0.324 e. The van der Waals surface area contributed by atoms with Crippen LogP contribution in [0, 0.1) is 11.3 Å². The molecule has 1 spiro atoms. The van der Waals surface area contributed by atoms with Gasteiger partial charge in [-0.2, -0.15) is 15.2 Å². The van der Waals surface area contributed by atoms with E-state index < -0.39 is 5.41 Å². The van der Waals surface area contributed by atoms with Gasteiger partial charge in [-0.1, -0.05) is 43.0 Å². The minimum Gasteiger partial charge on any atom is -0.424 e. The Balaban J connectivity index is 1.31. The van der Waals surface area contributed by atoms with E-state index >= 15 is 0 Å². The molecular formula is C35H37N7O3. The minimum atomic E-state index is -0.723. The van der Waals surface area contributed by atoms with Gasteiger partial charge < -0.3 is 24.8 Å². The zero-order valence-corrected chi connectivity index (χ0v) is 25.6. The van der Waals surface area contributed by atoms with Crippen LogP contribution in [0.1, 0.15) is 47.2 Å². The third kappa shape index (κ3) is 5.11. The number of hydrogen-bond donors (Lipinski definition) is 1. The lowest BCUT2D eigenvalue weighted by Gasteiger charge is -2.44. The number of benzene rings is 2. The fourth-order valence-corrected chi connectivity index (χ4v) is 7.59. The normalized spacial score (nSPS) is 22.5. The van der Waals surface area contributed by atoms with Crippen LogP contribution in [0.25, 0.3) is 0 Å². The molecule has 1 fully saturated rings. The summed E-state index contributed by atoms with van der Waals surface area (Å²) in [7, 11) is 2.12. The van der Waals surface area contributed by atoms with Gasteiger partial charge in [0.2, 0.25) is 11.8 Å². The second-order valence-electron chi connectivity index (χ2n) is 12.6. The van der Waals surface area contributed by atoms with Crippen LogP contribution in [0.3, 0.4) is 0 Å². The molecule has 0 bridgehead atoms. The largest absolute Gasteiger partial charge is 0.424 e. The first kappa shape index (κ1) is 29.0. The summed E-state index contributed by atoms with van der Waals surface area (Å²) < 4.78 is 6.52. The number of aromatic nitrogens is 2. The van der Waals surface area contributed by atoms with Crippen LogP contribution in [-0.2, 0) is 40.8 Å². The molecule has 2 amide bonds. The summed E-state index contributed by atoms with van der Waals surface area (Å²) in [6.45, 7) is 6.69. The Kier molecular flexibility index (Phi) is 7.50. The Hall–Kier alpha value is -4.75. The highest BCUT2D eigenvalue weighted by atomic mass is 16.5. The SMILES string of the molecule is C=CC(=O)N1CCN(c2nc(Oc3cccc4c3CCN(C)C4)nc3c2NC(=O)[C@]2(CCCc4ccccc42)C3)C[C@@H]1CC#N. The zero-order valence-electron chi connectivity index (χ0n) is 25.6. The first-order chi connectivity index (χ1) is 21.9. The van der Waals surface area contributed by atoms with Crippen LogP contribution >= 0.6 is 0 Å². The van der Waals surface area contributed by atoms with E-state index in [0.717, 1.165) is 61.3 Å². The molecule has 10 heteroatoms. The van der Waals surface area contributed by atoms with Gasteiger partial charge in [0.25, 0.3) is 0 Å². The molecule has 1 saturated heterocycles. The lowest BCUT2D eigenvalue weighted by Crippen LogP contribution is -2.55. The van der Waals surface area contributed by atoms with E-state index in [1.165, 1.54) is 17.2 Å². The van der Waals surface area contributed by atoms with Crippen LogP contribution in [0.5, 0.6) is 11.8 Å². The molecule has 45 heavy (non-hydrogen) atoms. The van der Waals surface area contributed by atoms with Gasteiger partial charge in [0.05, 0.1) is 29.6 Å². The van der Waals surface area contributed by atoms with E-state index in [1.54, 1.807) is 4.90 Å². The van der Waals surface area contributed by atoms with E-state index in [-0.39, 0.29) is 30.3 Å². The quantitative estimate of drug-likeness (QED) is 0.433. The average Bonchev–Trinajstić information content (AvgIpc) is 3.05. The highest BCUT2D eigenvalue weighted by molar-refractivity contribution is 6.04. The molecule has 7 rings (SSSR count). The molecule has 3 aromatic rings. The molecule has 1 aromatic heterocycles. The van der Waals surface area contributed by atoms with E-state index in [0.29, 0.717) is 37.6 Å². The lowest BCUT2D eigenvalue weighted by atomic mass is 9.65. The van der Waals surface area contributed by atoms with Crippen LogP contribution in [0.4, 0.5) is 11.5 Å². The number of hydrogen-bond acceptors (Lipinski definition) is 8. The van der Waals surface area contributed by atoms with Gasteiger partial charge in [0.1, 0.15) is 11.4 Å². The summed E-state index contributed by atoms with van der Waals surface area (Å²) in [4.78, 5) is 42.7. The molecule has 2 atom stereocenters. The van der Waals surface area contributed by atoms with E-state index in [2.05, 4.69) is 48.1 Å². The molecular weight excluding hydrogens is 566 g/mol. The van der Waals surface area contributed by atoms with Crippen LogP contribution in [0.15, 0.2) is 55.1 Å². The standard InChI is InChI=1S/C35H37N7O3/c1-3-30(43)42-19-18-41(22-25(42)13-16-36)32-31-28(20-35(33(44)38-31)15-7-10-23-8-4-5-11-27(23)35)37-34(39-32)45-29-12-6-9-24-21-40(2)17-14-26(24)29/h3-6,8-9,11-12,25H,1,7,10,13-15,17-22H2,2H3,(H,38,44)/t25-,35+/m0/s1. The molecule has 3 aliphatic heterocycles. The van der Waals surface area contributed by atoms with E-state index in [1.807, 2.05) is 29.2 Å². The second-order valence-corrected chi connectivity index (χ2v) is 12.6.